The molecule has 27 heavy (non-hydrogen) atoms. The third kappa shape index (κ3) is 4.39. The highest BCUT2D eigenvalue weighted by atomic mass is 32.2. The molecule has 0 fully saturated rings. The molecule has 0 unspecified atom stereocenters. The monoisotopic (exact) mass is 386 g/mol. The highest BCUT2D eigenvalue weighted by Crippen LogP contribution is 2.17. The molecule has 0 atom stereocenters. The maximum absolute atomic E-state index is 12.4. The molecule has 0 saturated heterocycles. The summed E-state index contributed by atoms with van der Waals surface area (Å²) >= 11 is 0. The Balaban J connectivity index is 1.68. The number of hydrogen-bond donors (Lipinski definition) is 2. The van der Waals surface area contributed by atoms with Crippen molar-refractivity contribution in [3.8, 4) is 11.4 Å². The van der Waals surface area contributed by atoms with E-state index < -0.39 is 10.0 Å². The first-order chi connectivity index (χ1) is 12.9. The Morgan fingerprint density at radius 1 is 1.07 bits per heavy atom. The van der Waals surface area contributed by atoms with Crippen LogP contribution in [0.5, 0.6) is 0 Å². The average Bonchev–Trinajstić information content (AvgIpc) is 3.15. The topological polar surface area (TPSA) is 114 Å². The molecule has 1 amide bonds. The molecule has 1 heterocycles. The van der Waals surface area contributed by atoms with Crippen molar-refractivity contribution in [2.75, 3.05) is 7.05 Å². The molecule has 0 aliphatic rings. The van der Waals surface area contributed by atoms with Crippen LogP contribution in [-0.4, -0.2) is 31.5 Å². The Bertz CT molecular complexity index is 1040. The van der Waals surface area contributed by atoms with E-state index in [0.717, 1.165) is 11.1 Å². The lowest BCUT2D eigenvalue weighted by Gasteiger charge is -2.05. The van der Waals surface area contributed by atoms with Crippen LogP contribution in [0.4, 0.5) is 0 Å². The van der Waals surface area contributed by atoms with E-state index in [4.69, 9.17) is 4.52 Å². The van der Waals surface area contributed by atoms with Crippen LogP contribution in [0.1, 0.15) is 21.8 Å². The predicted octanol–water partition coefficient (Wildman–Crippen LogP) is 1.88. The van der Waals surface area contributed by atoms with E-state index in [9.17, 15) is 13.2 Å². The summed E-state index contributed by atoms with van der Waals surface area (Å²) in [6.45, 7) is 1.83. The van der Waals surface area contributed by atoms with Gasteiger partial charge in [-0.2, -0.15) is 4.98 Å². The van der Waals surface area contributed by atoms with Crippen molar-refractivity contribution in [1.82, 2.24) is 20.2 Å². The summed E-state index contributed by atoms with van der Waals surface area (Å²) in [6.07, 6.45) is 0. The number of nitrogens with zero attached hydrogens (tertiary/aromatic N) is 2. The maximum atomic E-state index is 12.4. The van der Waals surface area contributed by atoms with Crippen molar-refractivity contribution in [3.63, 3.8) is 0 Å². The van der Waals surface area contributed by atoms with Crippen LogP contribution in [0, 0.1) is 6.92 Å². The van der Waals surface area contributed by atoms with Crippen LogP contribution >= 0.6 is 0 Å². The maximum Gasteiger partial charge on any atom is 0.251 e. The number of aromatic nitrogens is 2. The zero-order valence-electron chi connectivity index (χ0n) is 14.8. The van der Waals surface area contributed by atoms with Crippen LogP contribution in [0.15, 0.2) is 57.9 Å². The Morgan fingerprint density at radius 2 is 1.74 bits per heavy atom. The van der Waals surface area contributed by atoms with Crippen molar-refractivity contribution < 1.29 is 17.7 Å². The van der Waals surface area contributed by atoms with Crippen LogP contribution in [0.3, 0.4) is 0 Å². The van der Waals surface area contributed by atoms with E-state index in [1.807, 2.05) is 31.2 Å². The number of hydrogen-bond acceptors (Lipinski definition) is 6. The normalized spacial score (nSPS) is 11.3. The van der Waals surface area contributed by atoms with E-state index in [1.165, 1.54) is 31.3 Å². The molecular formula is C18H18N4O4S. The van der Waals surface area contributed by atoms with Crippen LogP contribution < -0.4 is 10.0 Å². The molecule has 140 valence electrons. The molecule has 3 aromatic rings. The standard InChI is InChI=1S/C18H18N4O4S/c1-12-3-5-13(6-4-12)17-21-16(26-22-17)11-20-27(24,25)15-9-7-14(8-10-15)18(23)19-2/h3-10,20H,11H2,1-2H3,(H,19,23). The van der Waals surface area contributed by atoms with Gasteiger partial charge in [0.25, 0.3) is 5.91 Å². The fourth-order valence-corrected chi connectivity index (χ4v) is 3.29. The molecule has 0 aliphatic heterocycles. The second-order valence-corrected chi connectivity index (χ2v) is 7.57. The number of carbonyl (C=O) groups excluding carboxylic acids is 1. The Morgan fingerprint density at radius 3 is 2.37 bits per heavy atom. The van der Waals surface area contributed by atoms with E-state index in [-0.39, 0.29) is 23.2 Å². The smallest absolute Gasteiger partial charge is 0.251 e. The minimum Gasteiger partial charge on any atom is -0.355 e. The van der Waals surface area contributed by atoms with Gasteiger partial charge in [0, 0.05) is 18.2 Å². The number of sulfonamides is 1. The molecule has 2 N–H and O–H groups in total. The van der Waals surface area contributed by atoms with Gasteiger partial charge in [-0.25, -0.2) is 13.1 Å². The zero-order chi connectivity index (χ0) is 19.4. The first-order valence-corrected chi connectivity index (χ1v) is 9.59. The average molecular weight is 386 g/mol. The summed E-state index contributed by atoms with van der Waals surface area (Å²) in [5, 5.41) is 6.34. The molecule has 0 saturated carbocycles. The molecule has 0 spiro atoms. The summed E-state index contributed by atoms with van der Waals surface area (Å²) in [7, 11) is -2.27. The van der Waals surface area contributed by atoms with Crippen LogP contribution in [0.25, 0.3) is 11.4 Å². The molecule has 2 aromatic carbocycles. The molecule has 0 aliphatic carbocycles. The molecule has 3 rings (SSSR count). The first kappa shape index (κ1) is 18.7. The highest BCUT2D eigenvalue weighted by Gasteiger charge is 2.17. The van der Waals surface area contributed by atoms with E-state index in [0.29, 0.717) is 11.4 Å². The van der Waals surface area contributed by atoms with Crippen molar-refractivity contribution in [1.29, 1.82) is 0 Å². The molecule has 0 radical (unpaired) electrons. The first-order valence-electron chi connectivity index (χ1n) is 8.10. The van der Waals surface area contributed by atoms with Crippen molar-refractivity contribution in [2.45, 2.75) is 18.4 Å². The van der Waals surface area contributed by atoms with Crippen molar-refractivity contribution in [2.24, 2.45) is 0 Å². The lowest BCUT2D eigenvalue weighted by molar-refractivity contribution is 0.0963. The summed E-state index contributed by atoms with van der Waals surface area (Å²) in [6, 6.07) is 13.2. The summed E-state index contributed by atoms with van der Waals surface area (Å²) < 4.78 is 32.2. The minimum atomic E-state index is -3.78. The van der Waals surface area contributed by atoms with Crippen molar-refractivity contribution in [3.05, 3.63) is 65.5 Å². The summed E-state index contributed by atoms with van der Waals surface area (Å²) in [5.41, 5.74) is 2.26. The van der Waals surface area contributed by atoms with Crippen molar-refractivity contribution >= 4 is 15.9 Å². The number of benzene rings is 2. The largest absolute Gasteiger partial charge is 0.355 e. The van der Waals surface area contributed by atoms with Gasteiger partial charge in [-0.15, -0.1) is 0 Å². The Kier molecular flexibility index (Phi) is 5.33. The lowest BCUT2D eigenvalue weighted by atomic mass is 10.1. The second-order valence-electron chi connectivity index (χ2n) is 5.81. The Hall–Kier alpha value is -3.04. The van der Waals surface area contributed by atoms with E-state index in [1.54, 1.807) is 0 Å². The van der Waals surface area contributed by atoms with Gasteiger partial charge in [0.05, 0.1) is 11.4 Å². The number of amides is 1. The van der Waals surface area contributed by atoms with Gasteiger partial charge >= 0.3 is 0 Å². The Labute approximate surface area is 156 Å². The van der Waals surface area contributed by atoms with Gasteiger partial charge in [0.15, 0.2) is 0 Å². The van der Waals surface area contributed by atoms with E-state index >= 15 is 0 Å². The lowest BCUT2D eigenvalue weighted by Crippen LogP contribution is -2.23. The SMILES string of the molecule is CNC(=O)c1ccc(S(=O)(=O)NCc2nc(-c3ccc(C)cc3)no2)cc1. The van der Waals surface area contributed by atoms with Crippen LogP contribution in [-0.2, 0) is 16.6 Å². The number of rotatable bonds is 6. The number of nitrogens with one attached hydrogen (secondary N) is 2. The molecule has 0 bridgehead atoms. The van der Waals surface area contributed by atoms with Gasteiger partial charge in [0.1, 0.15) is 0 Å². The van der Waals surface area contributed by atoms with Gasteiger partial charge < -0.3 is 9.84 Å². The third-order valence-electron chi connectivity index (χ3n) is 3.85. The predicted molar refractivity (Wildman–Crippen MR) is 98.3 cm³/mol. The van der Waals surface area contributed by atoms with Gasteiger partial charge in [-0.1, -0.05) is 35.0 Å². The summed E-state index contributed by atoms with van der Waals surface area (Å²) in [4.78, 5) is 15.8. The van der Waals surface area contributed by atoms with E-state index in [2.05, 4.69) is 20.2 Å². The zero-order valence-corrected chi connectivity index (χ0v) is 15.6. The number of carbonyl (C=O) groups is 1. The fraction of sp³-hybridized carbons (Fsp3) is 0.167. The molecule has 8 nitrogen and oxygen atoms in total. The molecule has 9 heteroatoms. The van der Waals surface area contributed by atoms with Gasteiger partial charge in [-0.3, -0.25) is 4.79 Å². The molecular weight excluding hydrogens is 368 g/mol. The number of aryl methyl sites for hydroxylation is 1. The fourth-order valence-electron chi connectivity index (χ4n) is 2.32. The van der Waals surface area contributed by atoms with Crippen LogP contribution in [0.2, 0.25) is 0 Å². The highest BCUT2D eigenvalue weighted by molar-refractivity contribution is 7.89. The van der Waals surface area contributed by atoms with Gasteiger partial charge in [-0.05, 0) is 31.2 Å². The quantitative estimate of drug-likeness (QED) is 0.669. The summed E-state index contributed by atoms with van der Waals surface area (Å²) in [5.74, 6) is 0.247. The third-order valence-corrected chi connectivity index (χ3v) is 5.26. The minimum absolute atomic E-state index is 0.0356. The van der Waals surface area contributed by atoms with Gasteiger partial charge in [0.2, 0.25) is 21.7 Å². The molecule has 1 aromatic heterocycles. The second kappa shape index (κ2) is 7.68.